The average Bonchev–Trinajstić information content (AvgIpc) is 2.38. The fraction of sp³-hybridized carbons (Fsp3) is 0.462. The Bertz CT molecular complexity index is 349. The molecule has 0 saturated heterocycles. The maximum absolute atomic E-state index is 11.8. The highest BCUT2D eigenvalue weighted by atomic mass is 16.5. The van der Waals surface area contributed by atoms with E-state index in [4.69, 9.17) is 4.74 Å². The number of hydrogen-bond acceptors (Lipinski definition) is 3. The van der Waals surface area contributed by atoms with Crippen LogP contribution < -0.4 is 15.0 Å². The third-order valence-electron chi connectivity index (χ3n) is 2.60. The highest BCUT2D eigenvalue weighted by molar-refractivity contribution is 5.92. The molecule has 4 heteroatoms. The van der Waals surface area contributed by atoms with Gasteiger partial charge >= 0.3 is 0 Å². The summed E-state index contributed by atoms with van der Waals surface area (Å²) in [7, 11) is 3.41. The highest BCUT2D eigenvalue weighted by Crippen LogP contribution is 2.18. The van der Waals surface area contributed by atoms with Gasteiger partial charge in [0.15, 0.2) is 0 Å². The van der Waals surface area contributed by atoms with Gasteiger partial charge in [0.25, 0.3) is 0 Å². The minimum atomic E-state index is 0.108. The summed E-state index contributed by atoms with van der Waals surface area (Å²) >= 11 is 0. The molecule has 0 aliphatic rings. The number of benzene rings is 1. The number of nitrogens with zero attached hydrogens (tertiary/aromatic N) is 1. The minimum absolute atomic E-state index is 0.108. The molecule has 0 aliphatic heterocycles. The van der Waals surface area contributed by atoms with Gasteiger partial charge in [-0.25, -0.2) is 0 Å². The van der Waals surface area contributed by atoms with E-state index in [1.807, 2.05) is 31.2 Å². The lowest BCUT2D eigenvalue weighted by molar-refractivity contribution is -0.118. The minimum Gasteiger partial charge on any atom is -0.497 e. The van der Waals surface area contributed by atoms with Crippen molar-refractivity contribution in [1.29, 1.82) is 0 Å². The second kappa shape index (κ2) is 6.91. The molecule has 1 rings (SSSR count). The zero-order valence-corrected chi connectivity index (χ0v) is 10.7. The lowest BCUT2D eigenvalue weighted by atomic mass is 10.2. The Labute approximate surface area is 103 Å². The molecule has 17 heavy (non-hydrogen) atoms. The van der Waals surface area contributed by atoms with Gasteiger partial charge in [-0.15, -0.1) is 0 Å². The number of rotatable bonds is 6. The van der Waals surface area contributed by atoms with Crippen molar-refractivity contribution >= 4 is 11.6 Å². The first-order chi connectivity index (χ1) is 8.19. The largest absolute Gasteiger partial charge is 0.497 e. The number of hydrogen-bond donors (Lipinski definition) is 1. The monoisotopic (exact) mass is 236 g/mol. The van der Waals surface area contributed by atoms with E-state index < -0.39 is 0 Å². The van der Waals surface area contributed by atoms with E-state index in [1.165, 1.54) is 0 Å². The van der Waals surface area contributed by atoms with Gasteiger partial charge in [0, 0.05) is 25.7 Å². The molecule has 0 atom stereocenters. The summed E-state index contributed by atoms with van der Waals surface area (Å²) in [5, 5.41) is 3.14. The molecule has 94 valence electrons. The predicted octanol–water partition coefficient (Wildman–Crippen LogP) is 1.66. The summed E-state index contributed by atoms with van der Waals surface area (Å²) in [6.07, 6.45) is 0.510. The van der Waals surface area contributed by atoms with Gasteiger partial charge in [-0.3, -0.25) is 4.79 Å². The van der Waals surface area contributed by atoms with Crippen LogP contribution in [-0.2, 0) is 4.79 Å². The quantitative estimate of drug-likeness (QED) is 0.764. The summed E-state index contributed by atoms with van der Waals surface area (Å²) in [6, 6.07) is 7.46. The molecular formula is C13H20N2O2. The van der Waals surface area contributed by atoms with E-state index in [-0.39, 0.29) is 5.91 Å². The number of ether oxygens (including phenoxy) is 1. The number of nitrogens with one attached hydrogen (secondary N) is 1. The predicted molar refractivity (Wildman–Crippen MR) is 69.6 cm³/mol. The number of carbonyl (C=O) groups is 1. The van der Waals surface area contributed by atoms with Gasteiger partial charge in [0.05, 0.1) is 7.11 Å². The van der Waals surface area contributed by atoms with Crippen LogP contribution in [0.5, 0.6) is 5.75 Å². The summed E-state index contributed by atoms with van der Waals surface area (Å²) in [5.41, 5.74) is 0.882. The van der Waals surface area contributed by atoms with Crippen LogP contribution in [0.25, 0.3) is 0 Å². The third-order valence-corrected chi connectivity index (χ3v) is 2.60. The lowest BCUT2D eigenvalue weighted by Gasteiger charge is -2.17. The van der Waals surface area contributed by atoms with Crippen molar-refractivity contribution in [2.45, 2.75) is 13.3 Å². The van der Waals surface area contributed by atoms with Crippen molar-refractivity contribution in [2.75, 3.05) is 32.1 Å². The van der Waals surface area contributed by atoms with E-state index in [9.17, 15) is 4.79 Å². The smallest absolute Gasteiger partial charge is 0.227 e. The molecule has 0 spiro atoms. The van der Waals surface area contributed by atoms with Crippen molar-refractivity contribution in [1.82, 2.24) is 5.32 Å². The Morgan fingerprint density at radius 1 is 1.35 bits per heavy atom. The number of anilines is 1. The van der Waals surface area contributed by atoms with Gasteiger partial charge < -0.3 is 15.0 Å². The van der Waals surface area contributed by atoms with Crippen molar-refractivity contribution in [3.05, 3.63) is 24.3 Å². The van der Waals surface area contributed by atoms with Gasteiger partial charge in [-0.2, -0.15) is 0 Å². The second-order valence-electron chi connectivity index (χ2n) is 3.75. The number of methoxy groups -OCH3 is 1. The van der Waals surface area contributed by atoms with Crippen molar-refractivity contribution in [3.63, 3.8) is 0 Å². The standard InChI is InChI=1S/C13H20N2O2/c1-4-14-10-9-13(16)15(2)11-5-7-12(17-3)8-6-11/h5-8,14H,4,9-10H2,1-3H3. The summed E-state index contributed by atoms with van der Waals surface area (Å²) < 4.78 is 5.08. The first-order valence-electron chi connectivity index (χ1n) is 5.80. The van der Waals surface area contributed by atoms with E-state index >= 15 is 0 Å². The molecule has 1 aromatic carbocycles. The molecule has 0 heterocycles. The molecule has 4 nitrogen and oxygen atoms in total. The van der Waals surface area contributed by atoms with Crippen LogP contribution in [0.15, 0.2) is 24.3 Å². The molecule has 0 saturated carbocycles. The lowest BCUT2D eigenvalue weighted by Crippen LogP contribution is -2.29. The Kier molecular flexibility index (Phi) is 5.49. The van der Waals surface area contributed by atoms with Gasteiger partial charge in [-0.05, 0) is 30.8 Å². The highest BCUT2D eigenvalue weighted by Gasteiger charge is 2.09. The van der Waals surface area contributed by atoms with Crippen LogP contribution in [0.2, 0.25) is 0 Å². The Balaban J connectivity index is 2.55. The fourth-order valence-corrected chi connectivity index (χ4v) is 1.49. The summed E-state index contributed by atoms with van der Waals surface area (Å²) in [5.74, 6) is 0.901. The average molecular weight is 236 g/mol. The molecule has 0 bridgehead atoms. The molecule has 1 aromatic rings. The van der Waals surface area contributed by atoms with Crippen LogP contribution in [0.4, 0.5) is 5.69 Å². The molecule has 1 N–H and O–H groups in total. The zero-order valence-electron chi connectivity index (χ0n) is 10.7. The van der Waals surface area contributed by atoms with Crippen LogP contribution in [0.1, 0.15) is 13.3 Å². The van der Waals surface area contributed by atoms with Crippen LogP contribution in [-0.4, -0.2) is 33.2 Å². The maximum atomic E-state index is 11.8. The van der Waals surface area contributed by atoms with Crippen LogP contribution in [0.3, 0.4) is 0 Å². The van der Waals surface area contributed by atoms with Crippen LogP contribution >= 0.6 is 0 Å². The first-order valence-corrected chi connectivity index (χ1v) is 5.80. The molecule has 0 fully saturated rings. The van der Waals surface area contributed by atoms with E-state index in [0.717, 1.165) is 24.5 Å². The first kappa shape index (κ1) is 13.5. The molecule has 0 aromatic heterocycles. The SMILES string of the molecule is CCNCCC(=O)N(C)c1ccc(OC)cc1. The molecule has 0 aliphatic carbocycles. The van der Waals surface area contributed by atoms with E-state index in [1.54, 1.807) is 19.1 Å². The van der Waals surface area contributed by atoms with Gasteiger partial charge in [-0.1, -0.05) is 6.92 Å². The van der Waals surface area contributed by atoms with E-state index in [2.05, 4.69) is 5.32 Å². The van der Waals surface area contributed by atoms with Gasteiger partial charge in [0.1, 0.15) is 5.75 Å². The number of amides is 1. The van der Waals surface area contributed by atoms with Crippen molar-refractivity contribution in [2.24, 2.45) is 0 Å². The summed E-state index contributed by atoms with van der Waals surface area (Å²) in [4.78, 5) is 13.5. The van der Waals surface area contributed by atoms with Crippen LogP contribution in [0, 0.1) is 0 Å². The third kappa shape index (κ3) is 4.07. The Morgan fingerprint density at radius 2 is 2.00 bits per heavy atom. The van der Waals surface area contributed by atoms with E-state index in [0.29, 0.717) is 6.42 Å². The Hall–Kier alpha value is -1.55. The topological polar surface area (TPSA) is 41.6 Å². The van der Waals surface area contributed by atoms with Crippen molar-refractivity contribution < 1.29 is 9.53 Å². The van der Waals surface area contributed by atoms with Crippen molar-refractivity contribution in [3.8, 4) is 5.75 Å². The summed E-state index contributed by atoms with van der Waals surface area (Å²) in [6.45, 7) is 3.63. The normalized spacial score (nSPS) is 10.1. The molecule has 0 unspecified atom stereocenters. The maximum Gasteiger partial charge on any atom is 0.227 e. The zero-order chi connectivity index (χ0) is 12.7. The number of carbonyl (C=O) groups excluding carboxylic acids is 1. The fourth-order valence-electron chi connectivity index (χ4n) is 1.49. The molecule has 1 amide bonds. The second-order valence-corrected chi connectivity index (χ2v) is 3.75. The Morgan fingerprint density at radius 3 is 2.53 bits per heavy atom. The molecule has 0 radical (unpaired) electrons. The molecular weight excluding hydrogens is 216 g/mol. The van der Waals surface area contributed by atoms with Gasteiger partial charge in [0.2, 0.25) is 5.91 Å².